The van der Waals surface area contributed by atoms with Crippen LogP contribution in [0.2, 0.25) is 0 Å². The SMILES string of the molecule is Cc1cc(Br)ccc1OCCNC(C1CC1)C1CC1. The van der Waals surface area contributed by atoms with Crippen molar-refractivity contribution >= 4 is 15.9 Å². The van der Waals surface area contributed by atoms with E-state index in [0.717, 1.165) is 41.3 Å². The number of hydrogen-bond donors (Lipinski definition) is 1. The van der Waals surface area contributed by atoms with E-state index in [9.17, 15) is 0 Å². The van der Waals surface area contributed by atoms with Gasteiger partial charge in [0.05, 0.1) is 0 Å². The molecule has 0 unspecified atom stereocenters. The topological polar surface area (TPSA) is 21.3 Å². The Balaban J connectivity index is 1.42. The zero-order chi connectivity index (χ0) is 13.2. The fourth-order valence-electron chi connectivity index (χ4n) is 2.79. The summed E-state index contributed by atoms with van der Waals surface area (Å²) in [6.07, 6.45) is 5.73. The normalized spacial score (nSPS) is 18.9. The van der Waals surface area contributed by atoms with Crippen molar-refractivity contribution < 1.29 is 4.74 Å². The van der Waals surface area contributed by atoms with Crippen LogP contribution in [0.25, 0.3) is 0 Å². The van der Waals surface area contributed by atoms with E-state index >= 15 is 0 Å². The molecule has 2 aliphatic carbocycles. The lowest BCUT2D eigenvalue weighted by Gasteiger charge is -2.18. The molecule has 0 aromatic heterocycles. The third-order valence-corrected chi connectivity index (χ3v) is 4.63. The van der Waals surface area contributed by atoms with Crippen LogP contribution < -0.4 is 10.1 Å². The van der Waals surface area contributed by atoms with E-state index in [2.05, 4.69) is 34.2 Å². The molecule has 2 saturated carbocycles. The van der Waals surface area contributed by atoms with E-state index in [0.29, 0.717) is 0 Å². The summed E-state index contributed by atoms with van der Waals surface area (Å²) in [6, 6.07) is 6.95. The van der Waals surface area contributed by atoms with Gasteiger partial charge < -0.3 is 10.1 Å². The Morgan fingerprint density at radius 2 is 1.95 bits per heavy atom. The predicted molar refractivity (Wildman–Crippen MR) is 81.6 cm³/mol. The van der Waals surface area contributed by atoms with Crippen LogP contribution in [0.15, 0.2) is 22.7 Å². The molecule has 3 heteroatoms. The molecule has 0 heterocycles. The van der Waals surface area contributed by atoms with Crippen molar-refractivity contribution in [3.63, 3.8) is 0 Å². The van der Waals surface area contributed by atoms with Crippen molar-refractivity contribution in [2.24, 2.45) is 11.8 Å². The molecule has 1 aromatic carbocycles. The number of halogens is 1. The van der Waals surface area contributed by atoms with Gasteiger partial charge in [-0.1, -0.05) is 15.9 Å². The fourth-order valence-corrected chi connectivity index (χ4v) is 3.27. The van der Waals surface area contributed by atoms with Crippen molar-refractivity contribution in [1.29, 1.82) is 0 Å². The Morgan fingerprint density at radius 3 is 2.53 bits per heavy atom. The average Bonchev–Trinajstić information content (AvgIpc) is 3.26. The summed E-state index contributed by atoms with van der Waals surface area (Å²) >= 11 is 3.48. The van der Waals surface area contributed by atoms with Gasteiger partial charge in [-0.05, 0) is 68.2 Å². The van der Waals surface area contributed by atoms with Gasteiger partial charge in [0.1, 0.15) is 12.4 Å². The molecular weight excluding hydrogens is 302 g/mol. The first-order chi connectivity index (χ1) is 9.24. The lowest BCUT2D eigenvalue weighted by molar-refractivity contribution is 0.292. The summed E-state index contributed by atoms with van der Waals surface area (Å²) in [6.45, 7) is 3.82. The molecule has 3 rings (SSSR count). The molecule has 2 aliphatic rings. The molecule has 19 heavy (non-hydrogen) atoms. The Hall–Kier alpha value is -0.540. The van der Waals surface area contributed by atoms with E-state index in [-0.39, 0.29) is 0 Å². The third kappa shape index (κ3) is 3.73. The minimum absolute atomic E-state index is 0.762. The molecular formula is C16H22BrNO. The summed E-state index contributed by atoms with van der Waals surface area (Å²) in [4.78, 5) is 0. The van der Waals surface area contributed by atoms with Crippen molar-refractivity contribution in [2.45, 2.75) is 38.6 Å². The fraction of sp³-hybridized carbons (Fsp3) is 0.625. The molecule has 0 amide bonds. The van der Waals surface area contributed by atoms with Crippen LogP contribution in [0.5, 0.6) is 5.75 Å². The minimum atomic E-state index is 0.762. The molecule has 0 saturated heterocycles. The Morgan fingerprint density at radius 1 is 1.26 bits per heavy atom. The molecule has 2 nitrogen and oxygen atoms in total. The second-order valence-electron chi connectivity index (χ2n) is 5.91. The number of benzene rings is 1. The maximum Gasteiger partial charge on any atom is 0.122 e. The van der Waals surface area contributed by atoms with Crippen LogP contribution in [0, 0.1) is 18.8 Å². The van der Waals surface area contributed by atoms with Crippen molar-refractivity contribution in [3.8, 4) is 5.75 Å². The molecule has 104 valence electrons. The average molecular weight is 324 g/mol. The van der Waals surface area contributed by atoms with Gasteiger partial charge in [0.25, 0.3) is 0 Å². The van der Waals surface area contributed by atoms with Crippen LogP contribution in [0.4, 0.5) is 0 Å². The molecule has 0 spiro atoms. The van der Waals surface area contributed by atoms with Gasteiger partial charge in [-0.15, -0.1) is 0 Å². The number of ether oxygens (including phenoxy) is 1. The van der Waals surface area contributed by atoms with Crippen molar-refractivity contribution in [1.82, 2.24) is 5.32 Å². The first-order valence-electron chi connectivity index (χ1n) is 7.36. The molecule has 0 atom stereocenters. The van der Waals surface area contributed by atoms with E-state index < -0.39 is 0 Å². The standard InChI is InChI=1S/C16H22BrNO/c1-11-10-14(17)6-7-15(11)19-9-8-18-16(12-2-3-12)13-4-5-13/h6-7,10,12-13,16,18H,2-5,8-9H2,1H3. The second-order valence-corrected chi connectivity index (χ2v) is 6.83. The van der Waals surface area contributed by atoms with Gasteiger partial charge >= 0.3 is 0 Å². The molecule has 0 radical (unpaired) electrons. The number of hydrogen-bond acceptors (Lipinski definition) is 2. The van der Waals surface area contributed by atoms with Crippen LogP contribution in [0.3, 0.4) is 0 Å². The summed E-state index contributed by atoms with van der Waals surface area (Å²) in [7, 11) is 0. The van der Waals surface area contributed by atoms with Gasteiger partial charge in [0.2, 0.25) is 0 Å². The highest BCUT2D eigenvalue weighted by molar-refractivity contribution is 9.10. The second kappa shape index (κ2) is 5.84. The van der Waals surface area contributed by atoms with Crippen LogP contribution in [-0.4, -0.2) is 19.2 Å². The van der Waals surface area contributed by atoms with Gasteiger partial charge in [0, 0.05) is 17.1 Å². The van der Waals surface area contributed by atoms with E-state index in [1.807, 2.05) is 12.1 Å². The number of nitrogens with one attached hydrogen (secondary N) is 1. The lowest BCUT2D eigenvalue weighted by atomic mass is 10.1. The summed E-state index contributed by atoms with van der Waals surface area (Å²) in [5, 5.41) is 3.71. The summed E-state index contributed by atoms with van der Waals surface area (Å²) in [5.74, 6) is 2.92. The van der Waals surface area contributed by atoms with E-state index in [1.54, 1.807) is 0 Å². The largest absolute Gasteiger partial charge is 0.492 e. The van der Waals surface area contributed by atoms with Crippen molar-refractivity contribution in [3.05, 3.63) is 28.2 Å². The summed E-state index contributed by atoms with van der Waals surface area (Å²) in [5.41, 5.74) is 1.19. The zero-order valence-electron chi connectivity index (χ0n) is 11.5. The number of rotatable bonds is 7. The highest BCUT2D eigenvalue weighted by atomic mass is 79.9. The molecule has 1 N–H and O–H groups in total. The first kappa shape index (κ1) is 13.4. The van der Waals surface area contributed by atoms with Gasteiger partial charge in [-0.2, -0.15) is 0 Å². The van der Waals surface area contributed by atoms with Crippen LogP contribution in [-0.2, 0) is 0 Å². The van der Waals surface area contributed by atoms with E-state index in [1.165, 1.54) is 31.2 Å². The monoisotopic (exact) mass is 323 g/mol. The first-order valence-corrected chi connectivity index (χ1v) is 8.15. The molecule has 0 bridgehead atoms. The lowest BCUT2D eigenvalue weighted by Crippen LogP contribution is -2.36. The third-order valence-electron chi connectivity index (χ3n) is 4.14. The van der Waals surface area contributed by atoms with Crippen LogP contribution in [0.1, 0.15) is 31.2 Å². The van der Waals surface area contributed by atoms with E-state index in [4.69, 9.17) is 4.74 Å². The Labute approximate surface area is 124 Å². The Kier molecular flexibility index (Phi) is 4.13. The molecule has 2 fully saturated rings. The predicted octanol–water partition coefficient (Wildman–Crippen LogP) is 3.91. The molecule has 0 aliphatic heterocycles. The Bertz CT molecular complexity index is 428. The highest BCUT2D eigenvalue weighted by Gasteiger charge is 2.40. The quantitative estimate of drug-likeness (QED) is 0.768. The van der Waals surface area contributed by atoms with Crippen LogP contribution >= 0.6 is 15.9 Å². The number of aryl methyl sites for hydroxylation is 1. The van der Waals surface area contributed by atoms with Crippen molar-refractivity contribution in [2.75, 3.05) is 13.2 Å². The maximum absolute atomic E-state index is 5.86. The van der Waals surface area contributed by atoms with Gasteiger partial charge in [0.15, 0.2) is 0 Å². The zero-order valence-corrected chi connectivity index (χ0v) is 13.1. The highest BCUT2D eigenvalue weighted by Crippen LogP contribution is 2.44. The maximum atomic E-state index is 5.86. The molecule has 1 aromatic rings. The van der Waals surface area contributed by atoms with Gasteiger partial charge in [-0.3, -0.25) is 0 Å². The smallest absolute Gasteiger partial charge is 0.122 e. The van der Waals surface area contributed by atoms with Gasteiger partial charge in [-0.25, -0.2) is 0 Å². The summed E-state index contributed by atoms with van der Waals surface area (Å²) < 4.78 is 6.97. The minimum Gasteiger partial charge on any atom is -0.492 e.